The van der Waals surface area contributed by atoms with Crippen LogP contribution in [0, 0.1) is 0 Å². The first-order chi connectivity index (χ1) is 16.5. The van der Waals surface area contributed by atoms with Gasteiger partial charge in [0, 0.05) is 56.4 Å². The van der Waals surface area contributed by atoms with Crippen molar-refractivity contribution < 1.29 is 0 Å². The zero-order valence-corrected chi connectivity index (χ0v) is 20.1. The maximum absolute atomic E-state index is 4.84. The van der Waals surface area contributed by atoms with Gasteiger partial charge in [-0.1, -0.05) is 19.1 Å². The van der Waals surface area contributed by atoms with Crippen LogP contribution in [-0.2, 0) is 6.42 Å². The van der Waals surface area contributed by atoms with Gasteiger partial charge in [0.15, 0.2) is 0 Å². The summed E-state index contributed by atoms with van der Waals surface area (Å²) in [5, 5.41) is 6.63. The van der Waals surface area contributed by atoms with E-state index in [2.05, 4.69) is 81.0 Å². The first-order valence-electron chi connectivity index (χ1n) is 11.3. The molecule has 0 saturated heterocycles. The molecule has 0 saturated carbocycles. The summed E-state index contributed by atoms with van der Waals surface area (Å²) in [7, 11) is 7.93. The molecule has 2 aromatic rings. The highest BCUT2D eigenvalue weighted by Gasteiger charge is 2.31. The Bertz CT molecular complexity index is 1340. The van der Waals surface area contributed by atoms with Gasteiger partial charge in [0.25, 0.3) is 0 Å². The monoisotopic (exact) mass is 452 g/mol. The summed E-state index contributed by atoms with van der Waals surface area (Å²) in [6.07, 6.45) is 6.64. The summed E-state index contributed by atoms with van der Waals surface area (Å²) in [6, 6.07) is 12.7. The SMILES string of the molecule is CCc1ccc(C2=CC3=CC(c4ccc(N(C)C)cc4NC)=NC4=NC=NC(=N2)N34)c(NC)c1. The number of allylic oxidation sites excluding steroid dienone is 2. The predicted octanol–water partition coefficient (Wildman–Crippen LogP) is 4.20. The van der Waals surface area contributed by atoms with Crippen LogP contribution in [0.5, 0.6) is 0 Å². The van der Waals surface area contributed by atoms with Crippen molar-refractivity contribution in [3.63, 3.8) is 0 Å². The molecule has 0 aliphatic carbocycles. The van der Waals surface area contributed by atoms with E-state index in [4.69, 9.17) is 9.98 Å². The van der Waals surface area contributed by atoms with Crippen LogP contribution in [0.4, 0.5) is 17.1 Å². The number of rotatable bonds is 6. The Morgan fingerprint density at radius 2 is 1.65 bits per heavy atom. The van der Waals surface area contributed by atoms with E-state index in [1.165, 1.54) is 11.9 Å². The number of aryl methyl sites for hydroxylation is 1. The number of hydrogen-bond acceptors (Lipinski definition) is 8. The van der Waals surface area contributed by atoms with Crippen molar-refractivity contribution in [2.75, 3.05) is 43.7 Å². The second-order valence-corrected chi connectivity index (χ2v) is 8.37. The van der Waals surface area contributed by atoms with E-state index in [1.54, 1.807) is 0 Å². The zero-order chi connectivity index (χ0) is 23.8. The number of nitrogens with one attached hydrogen (secondary N) is 2. The third-order valence-corrected chi connectivity index (χ3v) is 6.12. The molecule has 3 aliphatic heterocycles. The molecule has 34 heavy (non-hydrogen) atoms. The maximum Gasteiger partial charge on any atom is 0.239 e. The molecule has 2 N–H and O–H groups in total. The van der Waals surface area contributed by atoms with Crippen LogP contribution in [0.1, 0.15) is 23.6 Å². The van der Waals surface area contributed by atoms with Gasteiger partial charge in [-0.2, -0.15) is 0 Å². The van der Waals surface area contributed by atoms with Crippen LogP contribution in [0.25, 0.3) is 5.70 Å². The Labute approximate surface area is 199 Å². The summed E-state index contributed by atoms with van der Waals surface area (Å²) in [4.78, 5) is 22.5. The Hall–Kier alpha value is -4.20. The molecular weight excluding hydrogens is 424 g/mol. The minimum atomic E-state index is 0.561. The van der Waals surface area contributed by atoms with Gasteiger partial charge in [0.05, 0.1) is 17.1 Å². The summed E-state index contributed by atoms with van der Waals surface area (Å²) < 4.78 is 0. The molecular formula is C26H28N8. The highest BCUT2D eigenvalue weighted by Crippen LogP contribution is 2.34. The fraction of sp³-hybridized carbons (Fsp3) is 0.231. The number of anilines is 3. The lowest BCUT2D eigenvalue weighted by molar-refractivity contribution is 0.738. The van der Waals surface area contributed by atoms with Gasteiger partial charge in [0.2, 0.25) is 11.9 Å². The van der Waals surface area contributed by atoms with E-state index >= 15 is 0 Å². The second-order valence-electron chi connectivity index (χ2n) is 8.37. The highest BCUT2D eigenvalue weighted by atomic mass is 15.4. The molecule has 0 bridgehead atoms. The standard InChI is InChI=1S/C26H28N8/c1-6-16-7-9-19(21(11-16)27-2)23-13-18-14-24(32-26-30-15-29-25(31-23)34(18)26)20-10-8-17(33(4)5)12-22(20)28-3/h7-15,27-28H,6H2,1-5H3. The smallest absolute Gasteiger partial charge is 0.239 e. The average molecular weight is 453 g/mol. The first kappa shape index (κ1) is 21.6. The molecule has 0 fully saturated rings. The molecule has 3 aliphatic rings. The molecule has 2 aromatic carbocycles. The number of aliphatic imine (C=N–C) groups is 4. The van der Waals surface area contributed by atoms with Crippen molar-refractivity contribution in [2.45, 2.75) is 13.3 Å². The molecule has 8 nitrogen and oxygen atoms in total. The van der Waals surface area contributed by atoms with Gasteiger partial charge in [0.1, 0.15) is 6.34 Å². The van der Waals surface area contributed by atoms with Crippen molar-refractivity contribution in [3.8, 4) is 0 Å². The Kier molecular flexibility index (Phi) is 5.49. The number of nitrogens with zero attached hydrogens (tertiary/aromatic N) is 6. The largest absolute Gasteiger partial charge is 0.388 e. The average Bonchev–Trinajstić information content (AvgIpc) is 2.87. The molecule has 0 spiro atoms. The van der Waals surface area contributed by atoms with Crippen LogP contribution < -0.4 is 15.5 Å². The fourth-order valence-corrected chi connectivity index (χ4v) is 4.21. The van der Waals surface area contributed by atoms with E-state index in [0.29, 0.717) is 11.9 Å². The highest BCUT2D eigenvalue weighted by molar-refractivity contribution is 6.24. The number of benzene rings is 2. The third-order valence-electron chi connectivity index (χ3n) is 6.12. The molecule has 0 atom stereocenters. The quantitative estimate of drug-likeness (QED) is 0.689. The predicted molar refractivity (Wildman–Crippen MR) is 143 cm³/mol. The Morgan fingerprint density at radius 1 is 0.882 bits per heavy atom. The van der Waals surface area contributed by atoms with Crippen molar-refractivity contribution in [2.24, 2.45) is 20.0 Å². The fourth-order valence-electron chi connectivity index (χ4n) is 4.21. The van der Waals surface area contributed by atoms with Gasteiger partial charge < -0.3 is 15.5 Å². The lowest BCUT2D eigenvalue weighted by atomic mass is 10.0. The molecule has 3 heterocycles. The van der Waals surface area contributed by atoms with E-state index in [1.807, 2.05) is 33.1 Å². The lowest BCUT2D eigenvalue weighted by Gasteiger charge is -2.32. The van der Waals surface area contributed by atoms with Crippen LogP contribution in [0.15, 0.2) is 74.2 Å². The van der Waals surface area contributed by atoms with Crippen LogP contribution in [0.3, 0.4) is 0 Å². The molecule has 5 rings (SSSR count). The summed E-state index contributed by atoms with van der Waals surface area (Å²) in [5.41, 5.74) is 9.08. The van der Waals surface area contributed by atoms with Crippen molar-refractivity contribution in [3.05, 3.63) is 70.9 Å². The zero-order valence-electron chi connectivity index (χ0n) is 20.1. The van der Waals surface area contributed by atoms with Gasteiger partial charge in [-0.05, 0) is 48.4 Å². The van der Waals surface area contributed by atoms with Gasteiger partial charge in [-0.25, -0.2) is 24.9 Å². The summed E-state index contributed by atoms with van der Waals surface area (Å²) >= 11 is 0. The van der Waals surface area contributed by atoms with Crippen molar-refractivity contribution in [1.82, 2.24) is 4.90 Å². The summed E-state index contributed by atoms with van der Waals surface area (Å²) in [6.45, 7) is 2.15. The molecule has 8 heteroatoms. The van der Waals surface area contributed by atoms with Crippen LogP contribution >= 0.6 is 0 Å². The molecule has 0 unspecified atom stereocenters. The number of guanidine groups is 2. The topological polar surface area (TPSA) is 80.0 Å². The van der Waals surface area contributed by atoms with Gasteiger partial charge in [-0.15, -0.1) is 0 Å². The van der Waals surface area contributed by atoms with Crippen molar-refractivity contribution >= 4 is 46.7 Å². The molecule has 0 radical (unpaired) electrons. The van der Waals surface area contributed by atoms with E-state index in [-0.39, 0.29) is 0 Å². The van der Waals surface area contributed by atoms with E-state index in [9.17, 15) is 0 Å². The molecule has 0 aromatic heterocycles. The first-order valence-corrected chi connectivity index (χ1v) is 11.3. The lowest BCUT2D eigenvalue weighted by Crippen LogP contribution is -2.40. The Balaban J connectivity index is 1.63. The second kappa shape index (κ2) is 8.62. The van der Waals surface area contributed by atoms with Crippen LogP contribution in [-0.4, -0.2) is 57.1 Å². The molecule has 172 valence electrons. The minimum absolute atomic E-state index is 0.561. The number of hydrogen-bond donors (Lipinski definition) is 2. The Morgan fingerprint density at radius 3 is 2.38 bits per heavy atom. The third kappa shape index (κ3) is 3.67. The normalized spacial score (nSPS) is 16.0. The van der Waals surface area contributed by atoms with Crippen LogP contribution in [0.2, 0.25) is 0 Å². The van der Waals surface area contributed by atoms with Gasteiger partial charge >= 0.3 is 0 Å². The van der Waals surface area contributed by atoms with Crippen molar-refractivity contribution in [1.29, 1.82) is 0 Å². The van der Waals surface area contributed by atoms with Gasteiger partial charge in [-0.3, -0.25) is 0 Å². The van der Waals surface area contributed by atoms with E-state index < -0.39 is 0 Å². The minimum Gasteiger partial charge on any atom is -0.388 e. The van der Waals surface area contributed by atoms with E-state index in [0.717, 1.165) is 51.7 Å². The maximum atomic E-state index is 4.84. The molecule has 0 amide bonds. The summed E-state index contributed by atoms with van der Waals surface area (Å²) in [5.74, 6) is 1.13.